The summed E-state index contributed by atoms with van der Waals surface area (Å²) in [6, 6.07) is 8.86. The number of halogens is 1. The number of nitrogens with zero attached hydrogens (tertiary/aromatic N) is 3. The molecule has 1 aromatic carbocycles. The number of carbonyl (C=O) groups excluding carboxylic acids is 1. The molecule has 112 valence electrons. The molecule has 0 atom stereocenters. The van der Waals surface area contributed by atoms with Crippen LogP contribution in [0.5, 0.6) is 0 Å². The van der Waals surface area contributed by atoms with E-state index in [-0.39, 0.29) is 5.91 Å². The number of carbonyl (C=O) groups is 1. The molecule has 0 bridgehead atoms. The van der Waals surface area contributed by atoms with E-state index in [0.717, 1.165) is 17.8 Å². The van der Waals surface area contributed by atoms with Crippen molar-refractivity contribution in [1.29, 1.82) is 0 Å². The van der Waals surface area contributed by atoms with Crippen LogP contribution in [0.15, 0.2) is 54.4 Å². The first-order valence-corrected chi connectivity index (χ1v) is 7.38. The van der Waals surface area contributed by atoms with E-state index in [4.69, 9.17) is 11.6 Å². The lowest BCUT2D eigenvalue weighted by atomic mass is 10.1. The predicted molar refractivity (Wildman–Crippen MR) is 87.0 cm³/mol. The third-order valence-corrected chi connectivity index (χ3v) is 3.69. The molecule has 0 saturated carbocycles. The summed E-state index contributed by atoms with van der Waals surface area (Å²) < 4.78 is 0. The Kier molecular flexibility index (Phi) is 4.34. The van der Waals surface area contributed by atoms with Crippen LogP contribution in [0.3, 0.4) is 0 Å². The molecule has 1 amide bonds. The number of hydrogen-bond donors (Lipinski definition) is 1. The van der Waals surface area contributed by atoms with Crippen LogP contribution in [0.2, 0.25) is 5.02 Å². The lowest BCUT2D eigenvalue weighted by Crippen LogP contribution is -2.32. The normalized spacial score (nSPS) is 14.4. The fourth-order valence-corrected chi connectivity index (χ4v) is 2.38. The third-order valence-electron chi connectivity index (χ3n) is 3.44. The zero-order valence-corrected chi connectivity index (χ0v) is 12.6. The van der Waals surface area contributed by atoms with E-state index in [1.54, 1.807) is 42.7 Å². The van der Waals surface area contributed by atoms with Crippen molar-refractivity contribution in [2.75, 3.05) is 23.3 Å². The van der Waals surface area contributed by atoms with E-state index in [1.807, 2.05) is 11.0 Å². The fourth-order valence-electron chi connectivity index (χ4n) is 2.26. The smallest absolute Gasteiger partial charge is 0.251 e. The highest BCUT2D eigenvalue weighted by atomic mass is 35.5. The molecule has 1 N–H and O–H groups in total. The number of rotatable bonds is 3. The van der Waals surface area contributed by atoms with Crippen LogP contribution in [0.1, 0.15) is 6.42 Å². The van der Waals surface area contributed by atoms with E-state index in [1.165, 1.54) is 0 Å². The molecule has 22 heavy (non-hydrogen) atoms. The second-order valence-electron chi connectivity index (χ2n) is 4.94. The van der Waals surface area contributed by atoms with Gasteiger partial charge in [0.1, 0.15) is 0 Å². The monoisotopic (exact) mass is 314 g/mol. The van der Waals surface area contributed by atoms with E-state index in [2.05, 4.69) is 15.3 Å². The van der Waals surface area contributed by atoms with Gasteiger partial charge in [-0.1, -0.05) is 17.7 Å². The number of anilines is 2. The summed E-state index contributed by atoms with van der Waals surface area (Å²) in [6.07, 6.45) is 6.02. The molecule has 0 fully saturated rings. The number of amides is 1. The summed E-state index contributed by atoms with van der Waals surface area (Å²) in [5, 5.41) is 3.52. The van der Waals surface area contributed by atoms with Crippen molar-refractivity contribution in [2.45, 2.75) is 6.42 Å². The van der Waals surface area contributed by atoms with Crippen LogP contribution >= 0.6 is 11.6 Å². The molecular formula is C16H15ClN4O. The van der Waals surface area contributed by atoms with Gasteiger partial charge in [0, 0.05) is 41.8 Å². The second-order valence-corrected chi connectivity index (χ2v) is 5.37. The Morgan fingerprint density at radius 1 is 1.18 bits per heavy atom. The lowest BCUT2D eigenvalue weighted by molar-refractivity contribution is -0.113. The molecule has 2 heterocycles. The summed E-state index contributed by atoms with van der Waals surface area (Å²) in [4.78, 5) is 22.7. The molecular weight excluding hydrogens is 300 g/mol. The molecule has 6 heteroatoms. The van der Waals surface area contributed by atoms with Gasteiger partial charge in [0.25, 0.3) is 5.91 Å². The van der Waals surface area contributed by atoms with Crippen molar-refractivity contribution in [3.05, 3.63) is 59.4 Å². The first-order valence-electron chi connectivity index (χ1n) is 7.00. The van der Waals surface area contributed by atoms with Gasteiger partial charge in [-0.2, -0.15) is 0 Å². The van der Waals surface area contributed by atoms with Gasteiger partial charge in [-0.15, -0.1) is 0 Å². The average Bonchev–Trinajstić information content (AvgIpc) is 2.58. The van der Waals surface area contributed by atoms with Crippen molar-refractivity contribution in [3.63, 3.8) is 0 Å². The summed E-state index contributed by atoms with van der Waals surface area (Å²) >= 11 is 5.83. The molecule has 1 aliphatic heterocycles. The Balaban J connectivity index is 1.63. The molecule has 0 radical (unpaired) electrons. The van der Waals surface area contributed by atoms with Gasteiger partial charge in [0.15, 0.2) is 0 Å². The average molecular weight is 315 g/mol. The van der Waals surface area contributed by atoms with Gasteiger partial charge in [0.2, 0.25) is 5.95 Å². The molecule has 0 unspecified atom stereocenters. The SMILES string of the molecule is O=C(Nc1ccc(Cl)cc1)C1=CCN(c2ncccn2)CC1. The highest BCUT2D eigenvalue weighted by Gasteiger charge is 2.18. The molecule has 1 aliphatic rings. The summed E-state index contributed by atoms with van der Waals surface area (Å²) in [5.41, 5.74) is 1.52. The third kappa shape index (κ3) is 3.43. The maximum absolute atomic E-state index is 12.2. The van der Waals surface area contributed by atoms with Crippen LogP contribution < -0.4 is 10.2 Å². The minimum absolute atomic E-state index is 0.0732. The summed E-state index contributed by atoms with van der Waals surface area (Å²) in [6.45, 7) is 1.36. The zero-order valence-electron chi connectivity index (χ0n) is 11.9. The predicted octanol–water partition coefficient (Wildman–Crippen LogP) is 2.91. The number of aromatic nitrogens is 2. The maximum atomic E-state index is 12.2. The lowest BCUT2D eigenvalue weighted by Gasteiger charge is -2.25. The Labute approximate surface area is 133 Å². The second kappa shape index (κ2) is 6.58. The van der Waals surface area contributed by atoms with Crippen molar-refractivity contribution in [2.24, 2.45) is 0 Å². The molecule has 0 aliphatic carbocycles. The number of hydrogen-bond acceptors (Lipinski definition) is 4. The van der Waals surface area contributed by atoms with Gasteiger partial charge in [0.05, 0.1) is 0 Å². The Morgan fingerprint density at radius 3 is 2.55 bits per heavy atom. The first kappa shape index (κ1) is 14.5. The Bertz CT molecular complexity index is 685. The topological polar surface area (TPSA) is 58.1 Å². The summed E-state index contributed by atoms with van der Waals surface area (Å²) in [5.74, 6) is 0.617. The molecule has 3 rings (SSSR count). The maximum Gasteiger partial charge on any atom is 0.251 e. The quantitative estimate of drug-likeness (QED) is 0.946. The Hall–Kier alpha value is -2.40. The molecule has 1 aromatic heterocycles. The highest BCUT2D eigenvalue weighted by Crippen LogP contribution is 2.18. The minimum atomic E-state index is -0.0732. The highest BCUT2D eigenvalue weighted by molar-refractivity contribution is 6.30. The van der Waals surface area contributed by atoms with Gasteiger partial charge >= 0.3 is 0 Å². The van der Waals surface area contributed by atoms with E-state index >= 15 is 0 Å². The van der Waals surface area contributed by atoms with Crippen LogP contribution in [0, 0.1) is 0 Å². The number of benzene rings is 1. The van der Waals surface area contributed by atoms with Crippen LogP contribution in [-0.2, 0) is 4.79 Å². The van der Waals surface area contributed by atoms with Gasteiger partial charge in [-0.3, -0.25) is 4.79 Å². The van der Waals surface area contributed by atoms with Crippen LogP contribution in [0.4, 0.5) is 11.6 Å². The van der Waals surface area contributed by atoms with Gasteiger partial charge < -0.3 is 10.2 Å². The number of nitrogens with one attached hydrogen (secondary N) is 1. The molecule has 5 nitrogen and oxygen atoms in total. The molecule has 2 aromatic rings. The zero-order chi connectivity index (χ0) is 15.4. The van der Waals surface area contributed by atoms with Crippen LogP contribution in [0.25, 0.3) is 0 Å². The standard InChI is InChI=1S/C16H15ClN4O/c17-13-2-4-14(5-3-13)20-15(22)12-6-10-21(11-7-12)16-18-8-1-9-19-16/h1-6,8-9H,7,10-11H2,(H,20,22). The Morgan fingerprint density at radius 2 is 1.91 bits per heavy atom. The van der Waals surface area contributed by atoms with Crippen molar-refractivity contribution in [1.82, 2.24) is 9.97 Å². The van der Waals surface area contributed by atoms with E-state index in [9.17, 15) is 4.79 Å². The van der Waals surface area contributed by atoms with Crippen LogP contribution in [-0.4, -0.2) is 29.0 Å². The first-order chi connectivity index (χ1) is 10.7. The van der Waals surface area contributed by atoms with E-state index in [0.29, 0.717) is 23.9 Å². The molecule has 0 spiro atoms. The molecule has 0 saturated heterocycles. The van der Waals surface area contributed by atoms with Gasteiger partial charge in [-0.05, 0) is 36.8 Å². The van der Waals surface area contributed by atoms with Gasteiger partial charge in [-0.25, -0.2) is 9.97 Å². The van der Waals surface area contributed by atoms with Crippen molar-refractivity contribution >= 4 is 29.1 Å². The van der Waals surface area contributed by atoms with Crippen molar-refractivity contribution < 1.29 is 4.79 Å². The summed E-state index contributed by atoms with van der Waals surface area (Å²) in [7, 11) is 0. The largest absolute Gasteiger partial charge is 0.337 e. The minimum Gasteiger partial charge on any atom is -0.337 e. The van der Waals surface area contributed by atoms with E-state index < -0.39 is 0 Å². The fraction of sp³-hybridized carbons (Fsp3) is 0.188. The van der Waals surface area contributed by atoms with Crippen molar-refractivity contribution in [3.8, 4) is 0 Å².